The van der Waals surface area contributed by atoms with Gasteiger partial charge in [0, 0.05) is 21.7 Å². The Balaban J connectivity index is 1.53. The maximum absolute atomic E-state index is 6.19. The van der Waals surface area contributed by atoms with Gasteiger partial charge in [-0.3, -0.25) is 4.90 Å². The van der Waals surface area contributed by atoms with Gasteiger partial charge >= 0.3 is 0 Å². The van der Waals surface area contributed by atoms with Crippen LogP contribution in [-0.4, -0.2) is 21.4 Å². The van der Waals surface area contributed by atoms with Crippen molar-refractivity contribution in [3.05, 3.63) is 74.4 Å². The lowest BCUT2D eigenvalue weighted by Crippen LogP contribution is -2.35. The molecule has 0 aliphatic carbocycles. The highest BCUT2D eigenvalue weighted by molar-refractivity contribution is 7.10. The van der Waals surface area contributed by atoms with Gasteiger partial charge in [0.1, 0.15) is 11.6 Å². The predicted octanol–water partition coefficient (Wildman–Crippen LogP) is 4.48. The van der Waals surface area contributed by atoms with Crippen LogP contribution in [0.25, 0.3) is 10.9 Å². The van der Waals surface area contributed by atoms with E-state index in [1.807, 2.05) is 46.9 Å². The number of rotatable bonds is 3. The van der Waals surface area contributed by atoms with Gasteiger partial charge in [-0.05, 0) is 47.0 Å². The molecule has 0 saturated heterocycles. The van der Waals surface area contributed by atoms with Gasteiger partial charge < -0.3 is 5.73 Å². The molecule has 0 fully saturated rings. The van der Waals surface area contributed by atoms with Crippen molar-refractivity contribution >= 4 is 39.4 Å². The number of anilines is 1. The van der Waals surface area contributed by atoms with E-state index in [2.05, 4.69) is 38.8 Å². The van der Waals surface area contributed by atoms with E-state index < -0.39 is 0 Å². The first kappa shape index (κ1) is 15.9. The molecule has 5 rings (SSSR count). The summed E-state index contributed by atoms with van der Waals surface area (Å²) in [6, 6.07) is 14.8. The van der Waals surface area contributed by atoms with Crippen LogP contribution < -0.4 is 5.73 Å². The molecule has 2 N–H and O–H groups in total. The van der Waals surface area contributed by atoms with Crippen LogP contribution in [0.15, 0.2) is 53.2 Å². The number of nitrogens with zero attached hydrogens (tertiary/aromatic N) is 3. The van der Waals surface area contributed by atoms with Crippen LogP contribution in [-0.2, 0) is 13.0 Å². The Labute approximate surface area is 160 Å². The van der Waals surface area contributed by atoms with Crippen LogP contribution in [0.4, 0.5) is 5.82 Å². The standard InChI is InChI=1S/C20H18N4S2/c21-20-13-4-1-2-5-15(13)22-18(23-20)12-24-9-7-16-14(8-11-26-16)19(24)17-6-3-10-25-17/h1-6,8,10-11,19H,7,9,12H2,(H2,21,22,23). The first-order valence-electron chi connectivity index (χ1n) is 8.64. The minimum absolute atomic E-state index is 0.279. The molecule has 4 nitrogen and oxygen atoms in total. The molecule has 1 unspecified atom stereocenters. The average molecular weight is 379 g/mol. The van der Waals surface area contributed by atoms with E-state index in [0.717, 1.165) is 29.7 Å². The minimum Gasteiger partial charge on any atom is -0.383 e. The zero-order valence-electron chi connectivity index (χ0n) is 14.1. The molecule has 1 aromatic carbocycles. The lowest BCUT2D eigenvalue weighted by Gasteiger charge is -2.35. The number of hydrogen-bond acceptors (Lipinski definition) is 6. The summed E-state index contributed by atoms with van der Waals surface area (Å²) in [4.78, 5) is 14.7. The highest BCUT2D eigenvalue weighted by atomic mass is 32.1. The highest BCUT2D eigenvalue weighted by Crippen LogP contribution is 2.40. The van der Waals surface area contributed by atoms with E-state index in [0.29, 0.717) is 12.4 Å². The summed E-state index contributed by atoms with van der Waals surface area (Å²) in [5, 5.41) is 5.28. The summed E-state index contributed by atoms with van der Waals surface area (Å²) in [7, 11) is 0. The fraction of sp³-hybridized carbons (Fsp3) is 0.200. The van der Waals surface area contributed by atoms with Crippen molar-refractivity contribution in [3.8, 4) is 0 Å². The van der Waals surface area contributed by atoms with Crippen LogP contribution in [0, 0.1) is 0 Å². The molecule has 0 radical (unpaired) electrons. The molecule has 0 bridgehead atoms. The molecule has 0 amide bonds. The van der Waals surface area contributed by atoms with Gasteiger partial charge in [0.25, 0.3) is 0 Å². The van der Waals surface area contributed by atoms with Crippen molar-refractivity contribution in [3.63, 3.8) is 0 Å². The Morgan fingerprint density at radius 3 is 2.85 bits per heavy atom. The van der Waals surface area contributed by atoms with E-state index in [-0.39, 0.29) is 6.04 Å². The maximum atomic E-state index is 6.19. The normalized spacial score (nSPS) is 17.5. The third-order valence-corrected chi connectivity index (χ3v) is 6.82. The first-order valence-corrected chi connectivity index (χ1v) is 10.4. The van der Waals surface area contributed by atoms with Crippen molar-refractivity contribution in [2.45, 2.75) is 19.0 Å². The summed E-state index contributed by atoms with van der Waals surface area (Å²) in [5.41, 5.74) is 8.53. The van der Waals surface area contributed by atoms with Crippen LogP contribution in [0.1, 0.15) is 27.2 Å². The summed E-state index contributed by atoms with van der Waals surface area (Å²) in [5.74, 6) is 1.35. The Bertz CT molecular complexity index is 1050. The van der Waals surface area contributed by atoms with Crippen LogP contribution in [0.2, 0.25) is 0 Å². The summed E-state index contributed by atoms with van der Waals surface area (Å²) >= 11 is 3.68. The maximum Gasteiger partial charge on any atom is 0.145 e. The highest BCUT2D eigenvalue weighted by Gasteiger charge is 2.30. The van der Waals surface area contributed by atoms with Crippen LogP contribution >= 0.6 is 22.7 Å². The fourth-order valence-corrected chi connectivity index (χ4v) is 5.50. The second-order valence-corrected chi connectivity index (χ2v) is 8.46. The molecular weight excluding hydrogens is 360 g/mol. The van der Waals surface area contributed by atoms with Crippen LogP contribution in [0.3, 0.4) is 0 Å². The molecule has 26 heavy (non-hydrogen) atoms. The molecule has 0 spiro atoms. The molecule has 1 atom stereocenters. The van der Waals surface area contributed by atoms with E-state index >= 15 is 0 Å². The topological polar surface area (TPSA) is 55.0 Å². The number of nitrogen functional groups attached to an aromatic ring is 1. The van der Waals surface area contributed by atoms with E-state index in [1.54, 1.807) is 0 Å². The smallest absolute Gasteiger partial charge is 0.145 e. The SMILES string of the molecule is Nc1nc(CN2CCc3sccc3C2c2cccs2)nc2ccccc12. The molecule has 6 heteroatoms. The minimum atomic E-state index is 0.279. The summed E-state index contributed by atoms with van der Waals surface area (Å²) in [6.45, 7) is 1.71. The first-order chi connectivity index (χ1) is 12.8. The van der Waals surface area contributed by atoms with Crippen molar-refractivity contribution in [2.24, 2.45) is 0 Å². The Morgan fingerprint density at radius 1 is 1.04 bits per heavy atom. The molecular formula is C20H18N4S2. The molecule has 1 aliphatic rings. The van der Waals surface area contributed by atoms with E-state index in [1.165, 1.54) is 15.3 Å². The zero-order valence-corrected chi connectivity index (χ0v) is 15.8. The zero-order chi connectivity index (χ0) is 17.5. The van der Waals surface area contributed by atoms with Gasteiger partial charge in [-0.2, -0.15) is 0 Å². The number of benzene rings is 1. The molecule has 4 aromatic rings. The van der Waals surface area contributed by atoms with Crippen molar-refractivity contribution in [2.75, 3.05) is 12.3 Å². The van der Waals surface area contributed by atoms with Gasteiger partial charge in [0.15, 0.2) is 0 Å². The quantitative estimate of drug-likeness (QED) is 0.571. The van der Waals surface area contributed by atoms with Gasteiger partial charge in [0.2, 0.25) is 0 Å². The molecule has 0 saturated carbocycles. The number of para-hydroxylation sites is 1. The average Bonchev–Trinajstić information content (AvgIpc) is 3.33. The number of nitrogens with two attached hydrogens (primary N) is 1. The predicted molar refractivity (Wildman–Crippen MR) is 109 cm³/mol. The molecule has 1 aliphatic heterocycles. The molecule has 3 aromatic heterocycles. The summed E-state index contributed by atoms with van der Waals surface area (Å²) < 4.78 is 0. The van der Waals surface area contributed by atoms with Crippen molar-refractivity contribution in [1.82, 2.24) is 14.9 Å². The molecule has 4 heterocycles. The Kier molecular flexibility index (Phi) is 3.96. The second-order valence-electron chi connectivity index (χ2n) is 6.48. The van der Waals surface area contributed by atoms with Crippen molar-refractivity contribution < 1.29 is 0 Å². The van der Waals surface area contributed by atoms with Gasteiger partial charge in [0.05, 0.1) is 18.1 Å². The lowest BCUT2D eigenvalue weighted by atomic mass is 9.98. The monoisotopic (exact) mass is 378 g/mol. The van der Waals surface area contributed by atoms with Crippen LogP contribution in [0.5, 0.6) is 0 Å². The number of hydrogen-bond donors (Lipinski definition) is 1. The lowest BCUT2D eigenvalue weighted by molar-refractivity contribution is 0.204. The molecule has 130 valence electrons. The third-order valence-electron chi connectivity index (χ3n) is 4.90. The Hall–Kier alpha value is -2.28. The largest absolute Gasteiger partial charge is 0.383 e. The van der Waals surface area contributed by atoms with E-state index in [9.17, 15) is 0 Å². The van der Waals surface area contributed by atoms with Gasteiger partial charge in [-0.1, -0.05) is 18.2 Å². The number of aromatic nitrogens is 2. The third kappa shape index (κ3) is 2.70. The summed E-state index contributed by atoms with van der Waals surface area (Å²) in [6.07, 6.45) is 1.08. The second kappa shape index (κ2) is 6.46. The Morgan fingerprint density at radius 2 is 1.96 bits per heavy atom. The van der Waals surface area contributed by atoms with Gasteiger partial charge in [-0.15, -0.1) is 22.7 Å². The number of thiophene rings is 2. The number of fused-ring (bicyclic) bond motifs is 2. The fourth-order valence-electron chi connectivity index (χ4n) is 3.72. The van der Waals surface area contributed by atoms with Crippen molar-refractivity contribution in [1.29, 1.82) is 0 Å². The van der Waals surface area contributed by atoms with E-state index in [4.69, 9.17) is 10.7 Å². The van der Waals surface area contributed by atoms with Gasteiger partial charge in [-0.25, -0.2) is 9.97 Å².